The summed E-state index contributed by atoms with van der Waals surface area (Å²) in [6, 6.07) is 7.14. The Morgan fingerprint density at radius 1 is 1.56 bits per heavy atom. The Labute approximate surface area is 93.8 Å². The van der Waals surface area contributed by atoms with E-state index >= 15 is 0 Å². The van der Waals surface area contributed by atoms with Crippen molar-refractivity contribution in [3.63, 3.8) is 0 Å². The van der Waals surface area contributed by atoms with E-state index < -0.39 is 11.9 Å². The molecule has 1 heterocycles. The molecule has 4 nitrogen and oxygen atoms in total. The molecule has 0 bridgehead atoms. The number of rotatable bonds is 5. The molecule has 1 aliphatic heterocycles. The van der Waals surface area contributed by atoms with Gasteiger partial charge in [-0.1, -0.05) is 12.1 Å². The minimum absolute atomic E-state index is 0.234. The van der Waals surface area contributed by atoms with Crippen molar-refractivity contribution in [3.05, 3.63) is 29.8 Å². The first-order valence-corrected chi connectivity index (χ1v) is 5.24. The van der Waals surface area contributed by atoms with Crippen molar-refractivity contribution in [2.45, 2.75) is 18.9 Å². The molecule has 1 aromatic carbocycles. The minimum Gasteiger partial charge on any atom is -0.491 e. The maximum atomic E-state index is 10.8. The third-order valence-electron chi connectivity index (χ3n) is 2.59. The third-order valence-corrected chi connectivity index (χ3v) is 2.59. The molecule has 0 spiro atoms. The predicted octanol–water partition coefficient (Wildman–Crippen LogP) is 1.65. The molecule has 2 rings (SSSR count). The van der Waals surface area contributed by atoms with Gasteiger partial charge in [-0.15, -0.1) is 0 Å². The Balaban J connectivity index is 1.94. The molecule has 1 N–H and O–H groups in total. The van der Waals surface area contributed by atoms with Gasteiger partial charge >= 0.3 is 5.97 Å². The Hall–Kier alpha value is -1.55. The molecular formula is C12H14O4. The molecule has 0 saturated carbocycles. The Bertz CT molecular complexity index is 367. The molecule has 0 radical (unpaired) electrons. The first-order chi connectivity index (χ1) is 7.66. The van der Waals surface area contributed by atoms with Crippen LogP contribution < -0.4 is 4.74 Å². The normalized spacial score (nSPS) is 20.2. The fourth-order valence-corrected chi connectivity index (χ4v) is 1.35. The van der Waals surface area contributed by atoms with Crippen LogP contribution in [0.25, 0.3) is 0 Å². The number of carboxylic acid groups (broad SMARTS) is 1. The molecule has 4 heteroatoms. The number of hydrogen-bond donors (Lipinski definition) is 1. The lowest BCUT2D eigenvalue weighted by molar-refractivity contribution is -0.138. The average molecular weight is 222 g/mol. The van der Waals surface area contributed by atoms with Gasteiger partial charge in [-0.05, 0) is 24.6 Å². The van der Waals surface area contributed by atoms with Crippen molar-refractivity contribution in [2.24, 2.45) is 0 Å². The van der Waals surface area contributed by atoms with E-state index in [-0.39, 0.29) is 6.10 Å². The van der Waals surface area contributed by atoms with Gasteiger partial charge in [0.05, 0.1) is 12.5 Å². The van der Waals surface area contributed by atoms with E-state index in [1.807, 2.05) is 0 Å². The highest BCUT2D eigenvalue weighted by molar-refractivity contribution is 5.75. The second kappa shape index (κ2) is 4.53. The standard InChI is InChI=1S/C12H14O4/c1-8(12(13)14)9-2-4-10(5-3-9)15-6-11-7-16-11/h2-5,8,11H,6-7H2,1H3,(H,13,14)/t8-,11?/m0/s1. The van der Waals surface area contributed by atoms with Gasteiger partial charge in [0.2, 0.25) is 0 Å². The molecule has 86 valence electrons. The zero-order valence-corrected chi connectivity index (χ0v) is 9.05. The lowest BCUT2D eigenvalue weighted by atomic mass is 10.0. The zero-order valence-electron chi connectivity index (χ0n) is 9.05. The molecule has 0 aromatic heterocycles. The van der Waals surface area contributed by atoms with E-state index in [1.165, 1.54) is 0 Å². The van der Waals surface area contributed by atoms with Crippen LogP contribution in [0.4, 0.5) is 0 Å². The van der Waals surface area contributed by atoms with Gasteiger partial charge in [-0.3, -0.25) is 4.79 Å². The number of carbonyl (C=O) groups is 1. The summed E-state index contributed by atoms with van der Waals surface area (Å²) in [5.41, 5.74) is 0.780. The van der Waals surface area contributed by atoms with Gasteiger partial charge in [0, 0.05) is 0 Å². The Morgan fingerprint density at radius 3 is 2.69 bits per heavy atom. The molecule has 1 saturated heterocycles. The molecule has 1 fully saturated rings. The summed E-state index contributed by atoms with van der Waals surface area (Å²) in [5, 5.41) is 8.84. The largest absolute Gasteiger partial charge is 0.491 e. The molecule has 2 atom stereocenters. The van der Waals surface area contributed by atoms with Crippen LogP contribution in [0, 0.1) is 0 Å². The van der Waals surface area contributed by atoms with E-state index in [0.717, 1.165) is 17.9 Å². The third kappa shape index (κ3) is 2.73. The molecule has 0 aliphatic carbocycles. The molecular weight excluding hydrogens is 208 g/mol. The van der Waals surface area contributed by atoms with Crippen molar-refractivity contribution in [1.82, 2.24) is 0 Å². The van der Waals surface area contributed by atoms with Crippen LogP contribution in [0.1, 0.15) is 18.4 Å². The predicted molar refractivity (Wildman–Crippen MR) is 57.7 cm³/mol. The highest BCUT2D eigenvalue weighted by Gasteiger charge is 2.23. The maximum absolute atomic E-state index is 10.8. The number of aliphatic carboxylic acids is 1. The number of benzene rings is 1. The van der Waals surface area contributed by atoms with Crippen LogP contribution in [-0.4, -0.2) is 30.4 Å². The van der Waals surface area contributed by atoms with Crippen LogP contribution in [0.5, 0.6) is 5.75 Å². The molecule has 1 unspecified atom stereocenters. The molecule has 0 amide bonds. The fourth-order valence-electron chi connectivity index (χ4n) is 1.35. The lowest BCUT2D eigenvalue weighted by Crippen LogP contribution is -2.07. The molecule has 1 aromatic rings. The zero-order chi connectivity index (χ0) is 11.5. The Morgan fingerprint density at radius 2 is 2.19 bits per heavy atom. The SMILES string of the molecule is C[C@H](C(=O)O)c1ccc(OCC2CO2)cc1. The van der Waals surface area contributed by atoms with E-state index in [9.17, 15) is 4.79 Å². The summed E-state index contributed by atoms with van der Waals surface area (Å²) in [6.45, 7) is 3.00. The smallest absolute Gasteiger partial charge is 0.310 e. The average Bonchev–Trinajstić information content (AvgIpc) is 3.10. The van der Waals surface area contributed by atoms with Crippen LogP contribution in [0.15, 0.2) is 24.3 Å². The second-order valence-corrected chi connectivity index (χ2v) is 3.90. The van der Waals surface area contributed by atoms with Gasteiger partial charge in [0.1, 0.15) is 18.5 Å². The van der Waals surface area contributed by atoms with Gasteiger partial charge in [0.15, 0.2) is 0 Å². The number of epoxide rings is 1. The summed E-state index contributed by atoms with van der Waals surface area (Å²) in [5.74, 6) is -0.558. The van der Waals surface area contributed by atoms with Gasteiger partial charge in [0.25, 0.3) is 0 Å². The van der Waals surface area contributed by atoms with E-state index in [0.29, 0.717) is 6.61 Å². The monoisotopic (exact) mass is 222 g/mol. The highest BCUT2D eigenvalue weighted by Crippen LogP contribution is 2.20. The number of carboxylic acids is 1. The van der Waals surface area contributed by atoms with Gasteiger partial charge in [-0.2, -0.15) is 0 Å². The molecule has 1 aliphatic rings. The van der Waals surface area contributed by atoms with Crippen molar-refractivity contribution in [2.75, 3.05) is 13.2 Å². The summed E-state index contributed by atoms with van der Waals surface area (Å²) in [4.78, 5) is 10.8. The first kappa shape index (κ1) is 11.0. The summed E-state index contributed by atoms with van der Waals surface area (Å²) in [6.07, 6.45) is 0.234. The van der Waals surface area contributed by atoms with Crippen molar-refractivity contribution < 1.29 is 19.4 Å². The summed E-state index contributed by atoms with van der Waals surface area (Å²) >= 11 is 0. The summed E-state index contributed by atoms with van der Waals surface area (Å²) in [7, 11) is 0. The topological polar surface area (TPSA) is 59.1 Å². The lowest BCUT2D eigenvalue weighted by Gasteiger charge is -2.08. The van der Waals surface area contributed by atoms with Crippen molar-refractivity contribution in [3.8, 4) is 5.75 Å². The van der Waals surface area contributed by atoms with Crippen molar-refractivity contribution in [1.29, 1.82) is 0 Å². The number of ether oxygens (including phenoxy) is 2. The second-order valence-electron chi connectivity index (χ2n) is 3.90. The van der Waals surface area contributed by atoms with E-state index in [1.54, 1.807) is 31.2 Å². The van der Waals surface area contributed by atoms with Crippen LogP contribution >= 0.6 is 0 Å². The Kier molecular flexibility index (Phi) is 3.10. The van der Waals surface area contributed by atoms with E-state index in [4.69, 9.17) is 14.6 Å². The van der Waals surface area contributed by atoms with Crippen LogP contribution in [-0.2, 0) is 9.53 Å². The fraction of sp³-hybridized carbons (Fsp3) is 0.417. The van der Waals surface area contributed by atoms with E-state index in [2.05, 4.69) is 0 Å². The van der Waals surface area contributed by atoms with Crippen molar-refractivity contribution >= 4 is 5.97 Å². The minimum atomic E-state index is -0.819. The highest BCUT2D eigenvalue weighted by atomic mass is 16.6. The maximum Gasteiger partial charge on any atom is 0.310 e. The van der Waals surface area contributed by atoms with Crippen LogP contribution in [0.3, 0.4) is 0 Å². The molecule has 16 heavy (non-hydrogen) atoms. The van der Waals surface area contributed by atoms with Crippen LogP contribution in [0.2, 0.25) is 0 Å². The van der Waals surface area contributed by atoms with Gasteiger partial charge in [-0.25, -0.2) is 0 Å². The first-order valence-electron chi connectivity index (χ1n) is 5.24. The van der Waals surface area contributed by atoms with Gasteiger partial charge < -0.3 is 14.6 Å². The summed E-state index contributed by atoms with van der Waals surface area (Å²) < 4.78 is 10.5. The quantitative estimate of drug-likeness (QED) is 0.769. The number of hydrogen-bond acceptors (Lipinski definition) is 3.